The summed E-state index contributed by atoms with van der Waals surface area (Å²) >= 11 is 1.96. The fourth-order valence-corrected chi connectivity index (χ4v) is 3.98. The van der Waals surface area contributed by atoms with Gasteiger partial charge in [-0.1, -0.05) is 31.5 Å². The number of nitrogens with one attached hydrogen (secondary N) is 1. The van der Waals surface area contributed by atoms with Crippen molar-refractivity contribution in [3.8, 4) is 5.75 Å². The van der Waals surface area contributed by atoms with Gasteiger partial charge in [0.05, 0.1) is 13.5 Å². The van der Waals surface area contributed by atoms with Gasteiger partial charge in [0.1, 0.15) is 5.75 Å². The number of methoxy groups -OCH3 is 1. The van der Waals surface area contributed by atoms with Crippen LogP contribution in [0.2, 0.25) is 0 Å². The van der Waals surface area contributed by atoms with Crippen molar-refractivity contribution in [3.63, 3.8) is 0 Å². The van der Waals surface area contributed by atoms with Crippen LogP contribution >= 0.6 is 11.8 Å². The molecule has 1 saturated carbocycles. The van der Waals surface area contributed by atoms with Gasteiger partial charge in [0.25, 0.3) is 0 Å². The largest absolute Gasteiger partial charge is 0.496 e. The first-order valence-electron chi connectivity index (χ1n) is 7.27. The Morgan fingerprint density at radius 1 is 1.40 bits per heavy atom. The predicted molar refractivity (Wildman–Crippen MR) is 84.4 cm³/mol. The molecule has 1 amide bonds. The Bertz CT molecular complexity index is 450. The molecule has 0 aliphatic heterocycles. The number of hydrogen-bond acceptors (Lipinski definition) is 3. The Morgan fingerprint density at radius 3 is 2.95 bits per heavy atom. The van der Waals surface area contributed by atoms with Crippen molar-refractivity contribution in [3.05, 3.63) is 29.8 Å². The van der Waals surface area contributed by atoms with Crippen molar-refractivity contribution < 1.29 is 9.53 Å². The maximum absolute atomic E-state index is 12.2. The van der Waals surface area contributed by atoms with E-state index in [1.807, 2.05) is 36.0 Å². The summed E-state index contributed by atoms with van der Waals surface area (Å²) in [5, 5.41) is 3.78. The number of hydrogen-bond donors (Lipinski definition) is 1. The first kappa shape index (κ1) is 15.2. The number of para-hydroxylation sites is 1. The summed E-state index contributed by atoms with van der Waals surface area (Å²) in [6.07, 6.45) is 3.94. The summed E-state index contributed by atoms with van der Waals surface area (Å²) in [5.74, 6) is 2.00. The molecule has 4 heteroatoms. The second-order valence-corrected chi connectivity index (χ2v) is 6.60. The smallest absolute Gasteiger partial charge is 0.224 e. The molecule has 0 aromatic heterocycles. The third-order valence-corrected chi connectivity index (χ3v) is 5.05. The van der Waals surface area contributed by atoms with Crippen LogP contribution in [0.1, 0.15) is 31.7 Å². The summed E-state index contributed by atoms with van der Waals surface area (Å²) in [6, 6.07) is 8.04. The van der Waals surface area contributed by atoms with E-state index >= 15 is 0 Å². The van der Waals surface area contributed by atoms with Gasteiger partial charge in [0.2, 0.25) is 5.91 Å². The highest BCUT2D eigenvalue weighted by Gasteiger charge is 2.28. The molecule has 1 aliphatic rings. The van der Waals surface area contributed by atoms with Gasteiger partial charge in [-0.05, 0) is 24.7 Å². The number of ether oxygens (including phenoxy) is 1. The lowest BCUT2D eigenvalue weighted by atomic mass is 10.1. The highest BCUT2D eigenvalue weighted by atomic mass is 32.2. The zero-order chi connectivity index (χ0) is 14.4. The Balaban J connectivity index is 1.92. The first-order chi connectivity index (χ1) is 9.74. The van der Waals surface area contributed by atoms with Gasteiger partial charge < -0.3 is 10.1 Å². The Morgan fingerprint density at radius 2 is 2.20 bits per heavy atom. The molecule has 2 atom stereocenters. The first-order valence-corrected chi connectivity index (χ1v) is 8.32. The van der Waals surface area contributed by atoms with Crippen molar-refractivity contribution in [2.24, 2.45) is 0 Å². The van der Waals surface area contributed by atoms with Gasteiger partial charge in [0.15, 0.2) is 0 Å². The highest BCUT2D eigenvalue weighted by molar-refractivity contribution is 7.99. The van der Waals surface area contributed by atoms with Crippen molar-refractivity contribution in [1.29, 1.82) is 0 Å². The van der Waals surface area contributed by atoms with Gasteiger partial charge >= 0.3 is 0 Å². The Labute approximate surface area is 125 Å². The average molecular weight is 293 g/mol. The SMILES string of the molecule is CCS[C@@H]1CCC[C@@H]1NC(=O)Cc1ccccc1OC. The van der Waals surface area contributed by atoms with E-state index in [1.54, 1.807) is 7.11 Å². The standard InChI is InChI=1S/C16H23NO2S/c1-3-20-15-10-6-8-13(15)17-16(18)11-12-7-4-5-9-14(12)19-2/h4-5,7,9,13,15H,3,6,8,10-11H2,1-2H3,(H,17,18)/t13-,15+/m0/s1. The molecule has 1 N–H and O–H groups in total. The second-order valence-electron chi connectivity index (χ2n) is 5.09. The molecule has 1 fully saturated rings. The van der Waals surface area contributed by atoms with Gasteiger partial charge in [-0.25, -0.2) is 0 Å². The van der Waals surface area contributed by atoms with Crippen LogP contribution in [0.4, 0.5) is 0 Å². The van der Waals surface area contributed by atoms with E-state index in [4.69, 9.17) is 4.74 Å². The van der Waals surface area contributed by atoms with E-state index in [0.717, 1.165) is 23.5 Å². The number of carbonyl (C=O) groups excluding carboxylic acids is 1. The molecule has 0 unspecified atom stereocenters. The summed E-state index contributed by atoms with van der Waals surface area (Å²) in [5.41, 5.74) is 0.949. The molecule has 1 aliphatic carbocycles. The topological polar surface area (TPSA) is 38.3 Å². The fraction of sp³-hybridized carbons (Fsp3) is 0.562. The van der Waals surface area contributed by atoms with Gasteiger partial charge in [-0.3, -0.25) is 4.79 Å². The molecule has 0 saturated heterocycles. The molecule has 0 spiro atoms. The van der Waals surface area contributed by atoms with Gasteiger partial charge in [-0.2, -0.15) is 11.8 Å². The van der Waals surface area contributed by atoms with E-state index in [2.05, 4.69) is 12.2 Å². The third kappa shape index (κ3) is 3.92. The molecule has 3 nitrogen and oxygen atoms in total. The molecule has 0 bridgehead atoms. The Hall–Kier alpha value is -1.16. The van der Waals surface area contributed by atoms with Crippen LogP contribution in [0, 0.1) is 0 Å². The number of carbonyl (C=O) groups is 1. The molecule has 1 aromatic rings. The molecule has 20 heavy (non-hydrogen) atoms. The van der Waals surface area contributed by atoms with Crippen LogP contribution in [-0.2, 0) is 11.2 Å². The normalized spacial score (nSPS) is 21.7. The molecule has 0 heterocycles. The minimum atomic E-state index is 0.100. The third-order valence-electron chi connectivity index (χ3n) is 3.72. The van der Waals surface area contributed by atoms with Crippen LogP contribution in [0.5, 0.6) is 5.75 Å². The Kier molecular flexibility index (Phi) is 5.77. The molecular formula is C16H23NO2S. The highest BCUT2D eigenvalue weighted by Crippen LogP contribution is 2.30. The monoisotopic (exact) mass is 293 g/mol. The maximum atomic E-state index is 12.2. The van der Waals surface area contributed by atoms with Crippen LogP contribution in [0.3, 0.4) is 0 Å². The van der Waals surface area contributed by atoms with Crippen LogP contribution in [0.15, 0.2) is 24.3 Å². The fourth-order valence-electron chi connectivity index (χ4n) is 2.78. The van der Waals surface area contributed by atoms with Gasteiger partial charge in [0, 0.05) is 16.9 Å². The van der Waals surface area contributed by atoms with Crippen molar-refractivity contribution >= 4 is 17.7 Å². The number of benzene rings is 1. The van der Waals surface area contributed by atoms with Crippen molar-refractivity contribution in [1.82, 2.24) is 5.32 Å². The van der Waals surface area contributed by atoms with Gasteiger partial charge in [-0.15, -0.1) is 0 Å². The number of rotatable bonds is 6. The quantitative estimate of drug-likeness (QED) is 0.876. The van der Waals surface area contributed by atoms with Crippen LogP contribution < -0.4 is 10.1 Å². The summed E-state index contributed by atoms with van der Waals surface area (Å²) in [6.45, 7) is 2.18. The number of amides is 1. The lowest BCUT2D eigenvalue weighted by molar-refractivity contribution is -0.121. The zero-order valence-corrected chi connectivity index (χ0v) is 13.0. The summed E-state index contributed by atoms with van der Waals surface area (Å²) in [4.78, 5) is 12.2. The zero-order valence-electron chi connectivity index (χ0n) is 12.2. The van der Waals surface area contributed by atoms with E-state index in [9.17, 15) is 4.79 Å². The lowest BCUT2D eigenvalue weighted by Crippen LogP contribution is -2.39. The minimum Gasteiger partial charge on any atom is -0.496 e. The van der Waals surface area contributed by atoms with E-state index < -0.39 is 0 Å². The van der Waals surface area contributed by atoms with Crippen LogP contribution in [0.25, 0.3) is 0 Å². The van der Waals surface area contributed by atoms with E-state index in [1.165, 1.54) is 12.8 Å². The molecule has 110 valence electrons. The molecular weight excluding hydrogens is 270 g/mol. The summed E-state index contributed by atoms with van der Waals surface area (Å²) < 4.78 is 5.29. The van der Waals surface area contributed by atoms with E-state index in [-0.39, 0.29) is 5.91 Å². The predicted octanol–water partition coefficient (Wildman–Crippen LogP) is 3.03. The summed E-state index contributed by atoms with van der Waals surface area (Å²) in [7, 11) is 1.64. The number of thioether (sulfide) groups is 1. The molecule has 1 aromatic carbocycles. The van der Waals surface area contributed by atoms with E-state index in [0.29, 0.717) is 17.7 Å². The minimum absolute atomic E-state index is 0.100. The van der Waals surface area contributed by atoms with Crippen molar-refractivity contribution in [2.75, 3.05) is 12.9 Å². The maximum Gasteiger partial charge on any atom is 0.224 e. The average Bonchev–Trinajstić information content (AvgIpc) is 2.87. The van der Waals surface area contributed by atoms with Crippen LogP contribution in [-0.4, -0.2) is 30.1 Å². The molecule has 2 rings (SSSR count). The molecule has 0 radical (unpaired) electrons. The van der Waals surface area contributed by atoms with Crippen molar-refractivity contribution in [2.45, 2.75) is 43.9 Å². The lowest BCUT2D eigenvalue weighted by Gasteiger charge is -2.20. The second kappa shape index (κ2) is 7.58.